The number of hydrogen-bond acceptors (Lipinski definition) is 3. The first-order chi connectivity index (χ1) is 8.10. The van der Waals surface area contributed by atoms with Crippen LogP contribution in [0.1, 0.15) is 34.1 Å². The van der Waals surface area contributed by atoms with E-state index < -0.39 is 0 Å². The van der Waals surface area contributed by atoms with Crippen LogP contribution in [0.4, 0.5) is 0 Å². The van der Waals surface area contributed by atoms with Gasteiger partial charge in [0.2, 0.25) is 0 Å². The van der Waals surface area contributed by atoms with Crippen LogP contribution in [-0.2, 0) is 13.0 Å². The normalized spacial score (nSPS) is 12.9. The fourth-order valence-corrected chi connectivity index (χ4v) is 2.89. The monoisotopic (exact) mass is 249 g/mol. The van der Waals surface area contributed by atoms with Crippen LogP contribution < -0.4 is 5.73 Å². The van der Waals surface area contributed by atoms with Gasteiger partial charge in [-0.25, -0.2) is 0 Å². The zero-order valence-corrected chi connectivity index (χ0v) is 11.4. The molecule has 0 fully saturated rings. The smallest absolute Gasteiger partial charge is 0.0596 e. The quantitative estimate of drug-likeness (QED) is 0.905. The third-order valence-corrected chi connectivity index (χ3v) is 3.97. The van der Waals surface area contributed by atoms with Crippen molar-refractivity contribution in [2.45, 2.75) is 39.8 Å². The Balaban J connectivity index is 2.14. The summed E-state index contributed by atoms with van der Waals surface area (Å²) in [6, 6.07) is 6.46. The highest BCUT2D eigenvalue weighted by Gasteiger charge is 2.12. The fourth-order valence-electron chi connectivity index (χ4n) is 2.02. The molecule has 0 aliphatic heterocycles. The zero-order chi connectivity index (χ0) is 12.4. The van der Waals surface area contributed by atoms with Crippen molar-refractivity contribution in [1.29, 1.82) is 0 Å². The molecule has 92 valence electrons. The lowest BCUT2D eigenvalue weighted by Crippen LogP contribution is -2.14. The van der Waals surface area contributed by atoms with Gasteiger partial charge in [0.25, 0.3) is 0 Å². The predicted molar refractivity (Wildman–Crippen MR) is 72.3 cm³/mol. The molecule has 2 aromatic heterocycles. The molecule has 1 atom stereocenters. The fraction of sp³-hybridized carbons (Fsp3) is 0.462. The molecule has 17 heavy (non-hydrogen) atoms. The van der Waals surface area contributed by atoms with E-state index in [1.165, 1.54) is 15.4 Å². The number of aryl methyl sites for hydroxylation is 3. The van der Waals surface area contributed by atoms with Crippen LogP contribution in [-0.4, -0.2) is 9.78 Å². The molecule has 0 saturated heterocycles. The van der Waals surface area contributed by atoms with Crippen molar-refractivity contribution < 1.29 is 0 Å². The van der Waals surface area contributed by atoms with Gasteiger partial charge in [-0.05, 0) is 39.0 Å². The Bertz CT molecular complexity index is 498. The van der Waals surface area contributed by atoms with Crippen LogP contribution in [0, 0.1) is 13.8 Å². The van der Waals surface area contributed by atoms with Crippen LogP contribution in [0.25, 0.3) is 0 Å². The van der Waals surface area contributed by atoms with Crippen molar-refractivity contribution in [3.8, 4) is 0 Å². The first-order valence-electron chi connectivity index (χ1n) is 5.95. The van der Waals surface area contributed by atoms with Gasteiger partial charge in [-0.1, -0.05) is 0 Å². The van der Waals surface area contributed by atoms with E-state index in [-0.39, 0.29) is 6.04 Å². The molecule has 3 nitrogen and oxygen atoms in total. The first kappa shape index (κ1) is 12.3. The Morgan fingerprint density at radius 3 is 2.76 bits per heavy atom. The first-order valence-corrected chi connectivity index (χ1v) is 6.77. The van der Waals surface area contributed by atoms with Gasteiger partial charge in [-0.3, -0.25) is 4.68 Å². The lowest BCUT2D eigenvalue weighted by Gasteiger charge is -2.10. The number of thiophene rings is 1. The minimum Gasteiger partial charge on any atom is -0.323 e. The molecule has 4 heteroatoms. The summed E-state index contributed by atoms with van der Waals surface area (Å²) in [5.41, 5.74) is 8.53. The number of aromatic nitrogens is 2. The summed E-state index contributed by atoms with van der Waals surface area (Å²) < 4.78 is 2.04. The SMILES string of the molecule is CCn1nc(C)cc1CC(N)c1ccc(C)s1. The Hall–Kier alpha value is -1.13. The molecule has 0 radical (unpaired) electrons. The molecular weight excluding hydrogens is 230 g/mol. The maximum absolute atomic E-state index is 6.24. The minimum atomic E-state index is 0.0788. The topological polar surface area (TPSA) is 43.8 Å². The zero-order valence-electron chi connectivity index (χ0n) is 10.6. The molecule has 0 amide bonds. The third kappa shape index (κ3) is 2.76. The van der Waals surface area contributed by atoms with Gasteiger partial charge in [-0.15, -0.1) is 11.3 Å². The molecule has 0 spiro atoms. The largest absolute Gasteiger partial charge is 0.323 e. The molecular formula is C13H19N3S. The van der Waals surface area contributed by atoms with Crippen LogP contribution in [0.3, 0.4) is 0 Å². The summed E-state index contributed by atoms with van der Waals surface area (Å²) >= 11 is 1.78. The maximum Gasteiger partial charge on any atom is 0.0596 e. The van der Waals surface area contributed by atoms with Crippen LogP contribution in [0.2, 0.25) is 0 Å². The Morgan fingerprint density at radius 2 is 2.18 bits per heavy atom. The lowest BCUT2D eigenvalue weighted by atomic mass is 10.1. The van der Waals surface area contributed by atoms with Crippen molar-refractivity contribution in [1.82, 2.24) is 9.78 Å². The van der Waals surface area contributed by atoms with E-state index in [2.05, 4.69) is 37.1 Å². The summed E-state index contributed by atoms with van der Waals surface area (Å²) in [6.07, 6.45) is 0.856. The minimum absolute atomic E-state index is 0.0788. The van der Waals surface area contributed by atoms with E-state index in [9.17, 15) is 0 Å². The van der Waals surface area contributed by atoms with E-state index in [1.807, 2.05) is 11.6 Å². The highest BCUT2D eigenvalue weighted by atomic mass is 32.1. The van der Waals surface area contributed by atoms with E-state index in [1.54, 1.807) is 11.3 Å². The van der Waals surface area contributed by atoms with Crippen LogP contribution in [0.5, 0.6) is 0 Å². The molecule has 0 aliphatic rings. The number of nitrogens with two attached hydrogens (primary N) is 1. The number of rotatable bonds is 4. The van der Waals surface area contributed by atoms with Gasteiger partial charge in [0, 0.05) is 34.5 Å². The number of hydrogen-bond donors (Lipinski definition) is 1. The predicted octanol–water partition coefficient (Wildman–Crippen LogP) is 2.82. The van der Waals surface area contributed by atoms with Crippen molar-refractivity contribution in [3.05, 3.63) is 39.3 Å². The van der Waals surface area contributed by atoms with E-state index >= 15 is 0 Å². The van der Waals surface area contributed by atoms with Gasteiger partial charge in [0.1, 0.15) is 0 Å². The Labute approximate surface area is 106 Å². The van der Waals surface area contributed by atoms with Crippen molar-refractivity contribution in [2.24, 2.45) is 5.73 Å². The van der Waals surface area contributed by atoms with Crippen molar-refractivity contribution in [3.63, 3.8) is 0 Å². The van der Waals surface area contributed by atoms with Gasteiger partial charge in [-0.2, -0.15) is 5.10 Å². The van der Waals surface area contributed by atoms with Gasteiger partial charge in [0.05, 0.1) is 5.69 Å². The van der Waals surface area contributed by atoms with E-state index in [0.29, 0.717) is 0 Å². The highest BCUT2D eigenvalue weighted by Crippen LogP contribution is 2.24. The second-order valence-electron chi connectivity index (χ2n) is 4.35. The molecule has 2 heterocycles. The third-order valence-electron chi connectivity index (χ3n) is 2.84. The molecule has 0 saturated carbocycles. The Morgan fingerprint density at radius 1 is 1.41 bits per heavy atom. The van der Waals surface area contributed by atoms with Gasteiger partial charge < -0.3 is 5.73 Å². The van der Waals surface area contributed by atoms with E-state index in [4.69, 9.17) is 5.73 Å². The maximum atomic E-state index is 6.24. The average Bonchev–Trinajstić information content (AvgIpc) is 2.85. The number of nitrogens with zero attached hydrogens (tertiary/aromatic N) is 2. The molecule has 2 rings (SSSR count). The van der Waals surface area contributed by atoms with Crippen molar-refractivity contribution >= 4 is 11.3 Å². The standard InChI is InChI=1S/C13H19N3S/c1-4-16-11(7-9(2)15-16)8-12(14)13-6-5-10(3)17-13/h5-7,12H,4,8,14H2,1-3H3. The summed E-state index contributed by atoms with van der Waals surface area (Å²) in [5, 5.41) is 4.45. The Kier molecular flexibility index (Phi) is 3.64. The molecule has 2 N–H and O–H groups in total. The molecule has 2 aromatic rings. The summed E-state index contributed by atoms with van der Waals surface area (Å²) in [5.74, 6) is 0. The summed E-state index contributed by atoms with van der Waals surface area (Å²) in [7, 11) is 0. The van der Waals surface area contributed by atoms with Crippen LogP contribution in [0.15, 0.2) is 18.2 Å². The lowest BCUT2D eigenvalue weighted by molar-refractivity contribution is 0.590. The molecule has 0 bridgehead atoms. The highest BCUT2D eigenvalue weighted by molar-refractivity contribution is 7.12. The van der Waals surface area contributed by atoms with Crippen molar-refractivity contribution in [2.75, 3.05) is 0 Å². The second kappa shape index (κ2) is 5.02. The van der Waals surface area contributed by atoms with Gasteiger partial charge in [0.15, 0.2) is 0 Å². The molecule has 0 aliphatic carbocycles. The molecule has 0 aromatic carbocycles. The van der Waals surface area contributed by atoms with Crippen LogP contribution >= 0.6 is 11.3 Å². The summed E-state index contributed by atoms with van der Waals surface area (Å²) in [4.78, 5) is 2.57. The van der Waals surface area contributed by atoms with E-state index in [0.717, 1.165) is 18.7 Å². The second-order valence-corrected chi connectivity index (χ2v) is 5.67. The summed E-state index contributed by atoms with van der Waals surface area (Å²) in [6.45, 7) is 7.15. The molecule has 1 unspecified atom stereocenters. The average molecular weight is 249 g/mol. The van der Waals surface area contributed by atoms with Gasteiger partial charge >= 0.3 is 0 Å².